The average molecular weight is 517 g/mol. The molecule has 4 rings (SSSR count). The van der Waals surface area contributed by atoms with E-state index in [1.165, 1.54) is 18.4 Å². The minimum Gasteiger partial charge on any atom is -0.353 e. The summed E-state index contributed by atoms with van der Waals surface area (Å²) in [6.07, 6.45) is 9.98. The molecular formula is C28H42ClFN6. The molecule has 1 saturated carbocycles. The monoisotopic (exact) mass is 516 g/mol. The molecule has 1 aliphatic carbocycles. The van der Waals surface area contributed by atoms with E-state index in [1.807, 2.05) is 0 Å². The maximum Gasteiger partial charge on any atom is 0.186 e. The number of anilines is 1. The normalized spacial score (nSPS) is 21.4. The summed E-state index contributed by atoms with van der Waals surface area (Å²) >= 11 is 6.07. The van der Waals surface area contributed by atoms with E-state index in [9.17, 15) is 0 Å². The maximum absolute atomic E-state index is 15.1. The molecule has 198 valence electrons. The Labute approximate surface area is 220 Å². The topological polar surface area (TPSA) is 57.2 Å². The Kier molecular flexibility index (Phi) is 8.84. The molecule has 0 amide bonds. The van der Waals surface area contributed by atoms with Crippen LogP contribution in [0.5, 0.6) is 0 Å². The first-order valence-corrected chi connectivity index (χ1v) is 14.0. The van der Waals surface area contributed by atoms with E-state index >= 15 is 4.39 Å². The van der Waals surface area contributed by atoms with Gasteiger partial charge in [0.1, 0.15) is 17.2 Å². The molecule has 36 heavy (non-hydrogen) atoms. The number of hydrogen-bond donors (Lipinski definition) is 1. The van der Waals surface area contributed by atoms with Crippen molar-refractivity contribution < 1.29 is 4.39 Å². The fraction of sp³-hybridized carbons (Fsp3) is 0.679. The second-order valence-electron chi connectivity index (χ2n) is 11.0. The summed E-state index contributed by atoms with van der Waals surface area (Å²) in [4.78, 5) is 18.5. The highest BCUT2D eigenvalue weighted by Gasteiger charge is 2.43. The minimum absolute atomic E-state index is 0.134. The standard InChI is InChI=1S/C28H42ClFN6/c1-6-19(4)10-14-35(5)18-28(12-13-28)11-9-23-33-25-22(15-31-26(29)24(25)30)27(34-23)36-16-20(7-2)32-21(8-3)17-36/h15,20-21,32H,4,6-14,16-18H2,1-3,5H3. The molecule has 2 aromatic heterocycles. The number of aromatic nitrogens is 3. The molecule has 2 aliphatic rings. The largest absolute Gasteiger partial charge is 0.353 e. The Bertz CT molecular complexity index is 1060. The van der Waals surface area contributed by atoms with E-state index in [4.69, 9.17) is 16.6 Å². The van der Waals surface area contributed by atoms with Crippen LogP contribution in [0.3, 0.4) is 0 Å². The molecule has 6 nitrogen and oxygen atoms in total. The molecule has 8 heteroatoms. The van der Waals surface area contributed by atoms with Gasteiger partial charge in [-0.2, -0.15) is 0 Å². The van der Waals surface area contributed by atoms with Crippen molar-refractivity contribution >= 4 is 28.3 Å². The van der Waals surface area contributed by atoms with Crippen molar-refractivity contribution in [3.63, 3.8) is 0 Å². The zero-order valence-electron chi connectivity index (χ0n) is 22.4. The third-order valence-corrected chi connectivity index (χ3v) is 8.36. The number of pyridine rings is 1. The highest BCUT2D eigenvalue weighted by molar-refractivity contribution is 6.30. The number of halogens is 2. The van der Waals surface area contributed by atoms with Crippen LogP contribution in [0.1, 0.15) is 71.5 Å². The van der Waals surface area contributed by atoms with Crippen molar-refractivity contribution in [2.75, 3.05) is 38.1 Å². The Morgan fingerprint density at radius 1 is 1.22 bits per heavy atom. The molecule has 2 unspecified atom stereocenters. The lowest BCUT2D eigenvalue weighted by Crippen LogP contribution is -2.56. The van der Waals surface area contributed by atoms with Crippen molar-refractivity contribution in [3.8, 4) is 0 Å². The van der Waals surface area contributed by atoms with Gasteiger partial charge in [0.05, 0.1) is 5.39 Å². The summed E-state index contributed by atoms with van der Waals surface area (Å²) in [5.74, 6) is 0.938. The van der Waals surface area contributed by atoms with Gasteiger partial charge >= 0.3 is 0 Å². The molecule has 2 atom stereocenters. The molecule has 0 bridgehead atoms. The van der Waals surface area contributed by atoms with Gasteiger partial charge in [-0.1, -0.05) is 44.5 Å². The number of fused-ring (bicyclic) bond motifs is 1. The van der Waals surface area contributed by atoms with Crippen molar-refractivity contribution in [2.45, 2.75) is 84.2 Å². The lowest BCUT2D eigenvalue weighted by atomic mass is 9.98. The van der Waals surface area contributed by atoms with Crippen molar-refractivity contribution in [2.24, 2.45) is 5.41 Å². The van der Waals surface area contributed by atoms with Crippen LogP contribution < -0.4 is 10.2 Å². The lowest BCUT2D eigenvalue weighted by Gasteiger charge is -2.39. The number of aryl methyl sites for hydroxylation is 1. The predicted octanol–water partition coefficient (Wildman–Crippen LogP) is 5.79. The summed E-state index contributed by atoms with van der Waals surface area (Å²) in [6, 6.07) is 0.743. The summed E-state index contributed by atoms with van der Waals surface area (Å²) in [7, 11) is 2.21. The van der Waals surface area contributed by atoms with Gasteiger partial charge in [-0.05, 0) is 57.4 Å². The molecule has 3 heterocycles. The van der Waals surface area contributed by atoms with E-state index in [0.717, 1.165) is 70.5 Å². The Balaban J connectivity index is 1.55. The highest BCUT2D eigenvalue weighted by atomic mass is 35.5. The first kappa shape index (κ1) is 27.2. The fourth-order valence-electron chi connectivity index (χ4n) is 5.35. The zero-order chi connectivity index (χ0) is 25.9. The van der Waals surface area contributed by atoms with Crippen LogP contribution in [-0.4, -0.2) is 65.2 Å². The Morgan fingerprint density at radius 3 is 2.53 bits per heavy atom. The lowest BCUT2D eigenvalue weighted by molar-refractivity contribution is 0.254. The molecule has 1 N–H and O–H groups in total. The molecule has 0 aromatic carbocycles. The van der Waals surface area contributed by atoms with Crippen LogP contribution >= 0.6 is 11.6 Å². The van der Waals surface area contributed by atoms with Gasteiger partial charge in [0.15, 0.2) is 11.0 Å². The van der Waals surface area contributed by atoms with Crippen LogP contribution in [0.2, 0.25) is 5.15 Å². The minimum atomic E-state index is -0.551. The smallest absolute Gasteiger partial charge is 0.186 e. The van der Waals surface area contributed by atoms with Gasteiger partial charge in [-0.25, -0.2) is 19.3 Å². The summed E-state index contributed by atoms with van der Waals surface area (Å²) < 4.78 is 15.1. The third kappa shape index (κ3) is 6.35. The Hall–Kier alpha value is -1.83. The van der Waals surface area contributed by atoms with Crippen LogP contribution in [0.4, 0.5) is 10.2 Å². The second-order valence-corrected chi connectivity index (χ2v) is 11.3. The first-order valence-electron chi connectivity index (χ1n) is 13.6. The number of nitrogens with zero attached hydrogens (tertiary/aromatic N) is 5. The maximum atomic E-state index is 15.1. The summed E-state index contributed by atoms with van der Waals surface area (Å²) in [5, 5.41) is 4.23. The van der Waals surface area contributed by atoms with E-state index in [1.54, 1.807) is 6.20 Å². The molecule has 2 aromatic rings. The second kappa shape index (κ2) is 11.7. The van der Waals surface area contributed by atoms with Gasteiger partial charge < -0.3 is 15.1 Å². The Morgan fingerprint density at radius 2 is 1.92 bits per heavy atom. The predicted molar refractivity (Wildman–Crippen MR) is 147 cm³/mol. The molecular weight excluding hydrogens is 475 g/mol. The SMILES string of the molecule is C=C(CC)CCN(C)CC1(CCc2nc(N3CC(CC)NC(CC)C3)c3cnc(Cl)c(F)c3n2)CC1. The zero-order valence-corrected chi connectivity index (χ0v) is 23.2. The molecule has 0 radical (unpaired) electrons. The first-order chi connectivity index (χ1) is 17.3. The van der Waals surface area contributed by atoms with Crippen molar-refractivity contribution in [1.82, 2.24) is 25.2 Å². The summed E-state index contributed by atoms with van der Waals surface area (Å²) in [5.41, 5.74) is 1.90. The van der Waals surface area contributed by atoms with Gasteiger partial charge in [-0.3, -0.25) is 0 Å². The van der Waals surface area contributed by atoms with Crippen LogP contribution in [-0.2, 0) is 6.42 Å². The van der Waals surface area contributed by atoms with Gasteiger partial charge in [0.2, 0.25) is 0 Å². The molecule has 2 fully saturated rings. The van der Waals surface area contributed by atoms with Crippen LogP contribution in [0.25, 0.3) is 10.9 Å². The van der Waals surface area contributed by atoms with Crippen molar-refractivity contribution in [1.29, 1.82) is 0 Å². The van der Waals surface area contributed by atoms with E-state index in [0.29, 0.717) is 28.7 Å². The van der Waals surface area contributed by atoms with Crippen LogP contribution in [0, 0.1) is 11.2 Å². The molecule has 0 spiro atoms. The van der Waals surface area contributed by atoms with Gasteiger partial charge in [-0.15, -0.1) is 0 Å². The molecule has 1 saturated heterocycles. The average Bonchev–Trinajstić information content (AvgIpc) is 3.66. The van der Waals surface area contributed by atoms with Gasteiger partial charge in [0, 0.05) is 50.9 Å². The van der Waals surface area contributed by atoms with Gasteiger partial charge in [0.25, 0.3) is 0 Å². The van der Waals surface area contributed by atoms with E-state index < -0.39 is 5.82 Å². The molecule has 1 aliphatic heterocycles. The number of nitrogens with one attached hydrogen (secondary N) is 1. The summed E-state index contributed by atoms with van der Waals surface area (Å²) in [6.45, 7) is 14.5. The number of rotatable bonds is 12. The quantitative estimate of drug-likeness (QED) is 0.285. The third-order valence-electron chi connectivity index (χ3n) is 8.09. The number of piperazine rings is 1. The van der Waals surface area contributed by atoms with E-state index in [-0.39, 0.29) is 10.7 Å². The van der Waals surface area contributed by atoms with E-state index in [2.05, 4.69) is 59.5 Å². The van der Waals surface area contributed by atoms with Crippen LogP contribution in [0.15, 0.2) is 18.3 Å². The van der Waals surface area contributed by atoms with Crippen molar-refractivity contribution in [3.05, 3.63) is 35.1 Å². The highest BCUT2D eigenvalue weighted by Crippen LogP contribution is 2.50. The fourth-order valence-corrected chi connectivity index (χ4v) is 5.49. The number of hydrogen-bond acceptors (Lipinski definition) is 6.